The molecule has 7 heteroatoms. The Kier molecular flexibility index (Phi) is 4.54. The predicted molar refractivity (Wildman–Crippen MR) is 99.2 cm³/mol. The van der Waals surface area contributed by atoms with E-state index in [-0.39, 0.29) is 11.3 Å². The van der Waals surface area contributed by atoms with Gasteiger partial charge in [0.05, 0.1) is 26.1 Å². The van der Waals surface area contributed by atoms with E-state index < -0.39 is 0 Å². The van der Waals surface area contributed by atoms with Gasteiger partial charge in [-0.15, -0.1) is 0 Å². The summed E-state index contributed by atoms with van der Waals surface area (Å²) in [6.07, 6.45) is 1.67. The maximum absolute atomic E-state index is 12.8. The molecular weight excluding hydrogens is 332 g/mol. The van der Waals surface area contributed by atoms with Crippen molar-refractivity contribution in [3.63, 3.8) is 0 Å². The summed E-state index contributed by atoms with van der Waals surface area (Å²) >= 11 is 0. The first-order valence-corrected chi connectivity index (χ1v) is 8.21. The van der Waals surface area contributed by atoms with Gasteiger partial charge in [-0.25, -0.2) is 9.50 Å². The topological polar surface area (TPSA) is 77.8 Å². The lowest BCUT2D eigenvalue weighted by atomic mass is 9.91. The van der Waals surface area contributed by atoms with Crippen molar-refractivity contribution in [2.45, 2.75) is 26.2 Å². The summed E-state index contributed by atoms with van der Waals surface area (Å²) in [7, 11) is 3.12. The highest BCUT2D eigenvalue weighted by Gasteiger charge is 2.22. The number of nitrogens with one attached hydrogen (secondary N) is 1. The quantitative estimate of drug-likeness (QED) is 0.778. The highest BCUT2D eigenvalue weighted by molar-refractivity contribution is 6.03. The second kappa shape index (κ2) is 6.67. The summed E-state index contributed by atoms with van der Waals surface area (Å²) in [5.41, 5.74) is 2.23. The molecule has 0 unspecified atom stereocenters. The molecule has 0 aliphatic carbocycles. The van der Waals surface area contributed by atoms with Crippen LogP contribution in [0.3, 0.4) is 0 Å². The fourth-order valence-electron chi connectivity index (χ4n) is 2.64. The van der Waals surface area contributed by atoms with Crippen molar-refractivity contribution in [1.29, 1.82) is 0 Å². The first-order chi connectivity index (χ1) is 12.3. The molecule has 7 nitrogen and oxygen atoms in total. The van der Waals surface area contributed by atoms with Crippen LogP contribution in [0.4, 0.5) is 5.69 Å². The first kappa shape index (κ1) is 17.7. The standard InChI is InChI=1S/C19H22N4O3/c1-19(2,3)16-11-15(22-17-6-7-20-23(16)17)18(24)21-12-8-13(25-4)10-14(9-12)26-5/h6-11H,1-5H3,(H,21,24). The van der Waals surface area contributed by atoms with Crippen LogP contribution in [0, 0.1) is 0 Å². The lowest BCUT2D eigenvalue weighted by Gasteiger charge is -2.20. The van der Waals surface area contributed by atoms with Crippen LogP contribution in [0.5, 0.6) is 11.5 Å². The molecule has 2 aromatic heterocycles. The maximum atomic E-state index is 12.8. The van der Waals surface area contributed by atoms with Crippen molar-refractivity contribution in [2.75, 3.05) is 19.5 Å². The van der Waals surface area contributed by atoms with Gasteiger partial charge in [-0.2, -0.15) is 5.10 Å². The number of amides is 1. The summed E-state index contributed by atoms with van der Waals surface area (Å²) in [5, 5.41) is 7.16. The minimum Gasteiger partial charge on any atom is -0.497 e. The third-order valence-corrected chi connectivity index (χ3v) is 3.97. The molecule has 1 amide bonds. The molecule has 1 N–H and O–H groups in total. The number of hydrogen-bond acceptors (Lipinski definition) is 5. The smallest absolute Gasteiger partial charge is 0.274 e. The van der Waals surface area contributed by atoms with Crippen molar-refractivity contribution in [1.82, 2.24) is 14.6 Å². The Morgan fingerprint density at radius 2 is 1.73 bits per heavy atom. The lowest BCUT2D eigenvalue weighted by Crippen LogP contribution is -2.21. The average Bonchev–Trinajstić information content (AvgIpc) is 3.07. The Labute approximate surface area is 152 Å². The third kappa shape index (κ3) is 3.46. The van der Waals surface area contributed by atoms with E-state index >= 15 is 0 Å². The average molecular weight is 354 g/mol. The zero-order valence-electron chi connectivity index (χ0n) is 15.5. The van der Waals surface area contributed by atoms with Gasteiger partial charge in [0.2, 0.25) is 0 Å². The minimum atomic E-state index is -0.311. The van der Waals surface area contributed by atoms with Crippen LogP contribution < -0.4 is 14.8 Å². The van der Waals surface area contributed by atoms with Gasteiger partial charge in [-0.1, -0.05) is 20.8 Å². The minimum absolute atomic E-state index is 0.193. The third-order valence-electron chi connectivity index (χ3n) is 3.97. The molecule has 0 fully saturated rings. The molecule has 0 spiro atoms. The van der Waals surface area contributed by atoms with E-state index in [9.17, 15) is 4.79 Å². The SMILES string of the molecule is COc1cc(NC(=O)c2cc(C(C)(C)C)n3nccc3n2)cc(OC)c1. The van der Waals surface area contributed by atoms with Gasteiger partial charge in [0.15, 0.2) is 5.65 Å². The van der Waals surface area contributed by atoms with E-state index in [1.807, 2.05) is 0 Å². The number of nitrogens with zero attached hydrogens (tertiary/aromatic N) is 3. The van der Waals surface area contributed by atoms with Crippen molar-refractivity contribution >= 4 is 17.2 Å². The van der Waals surface area contributed by atoms with E-state index in [1.54, 1.807) is 55.3 Å². The van der Waals surface area contributed by atoms with Gasteiger partial charge in [-0.05, 0) is 6.07 Å². The van der Waals surface area contributed by atoms with E-state index in [0.717, 1.165) is 5.69 Å². The van der Waals surface area contributed by atoms with Gasteiger partial charge in [0.25, 0.3) is 5.91 Å². The molecule has 26 heavy (non-hydrogen) atoms. The van der Waals surface area contributed by atoms with Crippen LogP contribution in [0.25, 0.3) is 5.65 Å². The second-order valence-corrected chi connectivity index (χ2v) is 6.93. The monoisotopic (exact) mass is 354 g/mol. The number of carbonyl (C=O) groups is 1. The van der Waals surface area contributed by atoms with Crippen LogP contribution in [-0.2, 0) is 5.41 Å². The van der Waals surface area contributed by atoms with Gasteiger partial charge in [0.1, 0.15) is 17.2 Å². The summed E-state index contributed by atoms with van der Waals surface area (Å²) in [6, 6.07) is 8.74. The van der Waals surface area contributed by atoms with Gasteiger partial charge < -0.3 is 14.8 Å². The predicted octanol–water partition coefficient (Wildman–Crippen LogP) is 3.30. The molecule has 0 radical (unpaired) electrons. The largest absolute Gasteiger partial charge is 0.497 e. The van der Waals surface area contributed by atoms with Gasteiger partial charge >= 0.3 is 0 Å². The molecule has 3 rings (SSSR count). The number of ether oxygens (including phenoxy) is 2. The number of rotatable bonds is 4. The summed E-state index contributed by atoms with van der Waals surface area (Å²) < 4.78 is 12.2. The molecule has 0 saturated heterocycles. The number of hydrogen-bond donors (Lipinski definition) is 1. The number of methoxy groups -OCH3 is 2. The van der Waals surface area contributed by atoms with Crippen molar-refractivity contribution < 1.29 is 14.3 Å². The Hall–Kier alpha value is -3.09. The Morgan fingerprint density at radius 3 is 2.31 bits per heavy atom. The molecule has 3 aromatic rings. The van der Waals surface area contributed by atoms with Crippen LogP contribution >= 0.6 is 0 Å². The number of benzene rings is 1. The van der Waals surface area contributed by atoms with Crippen LogP contribution in [0.2, 0.25) is 0 Å². The zero-order valence-corrected chi connectivity index (χ0v) is 15.5. The molecule has 136 valence electrons. The van der Waals surface area contributed by atoms with Gasteiger partial charge in [0, 0.05) is 35.4 Å². The van der Waals surface area contributed by atoms with Crippen molar-refractivity contribution in [2.24, 2.45) is 0 Å². The van der Waals surface area contributed by atoms with Gasteiger partial charge in [-0.3, -0.25) is 4.79 Å². The molecule has 0 bridgehead atoms. The highest BCUT2D eigenvalue weighted by atomic mass is 16.5. The van der Waals surface area contributed by atoms with Crippen LogP contribution in [-0.4, -0.2) is 34.7 Å². The van der Waals surface area contributed by atoms with Crippen molar-refractivity contribution in [3.05, 3.63) is 47.9 Å². The Morgan fingerprint density at radius 1 is 1.08 bits per heavy atom. The Bertz CT molecular complexity index is 935. The molecule has 0 saturated carbocycles. The second-order valence-electron chi connectivity index (χ2n) is 6.93. The van der Waals surface area contributed by atoms with E-state index in [1.165, 1.54) is 0 Å². The lowest BCUT2D eigenvalue weighted by molar-refractivity contribution is 0.102. The first-order valence-electron chi connectivity index (χ1n) is 8.21. The fourth-order valence-corrected chi connectivity index (χ4v) is 2.64. The van der Waals surface area contributed by atoms with E-state index in [2.05, 4.69) is 36.2 Å². The molecule has 0 aliphatic heterocycles. The molecule has 2 heterocycles. The number of fused-ring (bicyclic) bond motifs is 1. The molecule has 0 aliphatic rings. The highest BCUT2D eigenvalue weighted by Crippen LogP contribution is 2.27. The number of carbonyl (C=O) groups excluding carboxylic acids is 1. The normalized spacial score (nSPS) is 11.4. The summed E-state index contributed by atoms with van der Waals surface area (Å²) in [5.74, 6) is 0.873. The molecule has 0 atom stereocenters. The van der Waals surface area contributed by atoms with Crippen LogP contribution in [0.15, 0.2) is 36.5 Å². The molecular formula is C19H22N4O3. The van der Waals surface area contributed by atoms with Crippen molar-refractivity contribution in [3.8, 4) is 11.5 Å². The fraction of sp³-hybridized carbons (Fsp3) is 0.316. The number of anilines is 1. The Balaban J connectivity index is 1.98. The maximum Gasteiger partial charge on any atom is 0.274 e. The number of aromatic nitrogens is 3. The van der Waals surface area contributed by atoms with Crippen LogP contribution in [0.1, 0.15) is 37.0 Å². The summed E-state index contributed by atoms with van der Waals surface area (Å²) in [6.45, 7) is 6.20. The molecule has 1 aromatic carbocycles. The summed E-state index contributed by atoms with van der Waals surface area (Å²) in [4.78, 5) is 17.2. The van der Waals surface area contributed by atoms with E-state index in [0.29, 0.717) is 28.5 Å². The van der Waals surface area contributed by atoms with E-state index in [4.69, 9.17) is 9.47 Å². The zero-order chi connectivity index (χ0) is 18.9.